The van der Waals surface area contributed by atoms with Crippen molar-refractivity contribution in [2.24, 2.45) is 0 Å². The normalized spacial score (nSPS) is 16.7. The standard InChI is InChI=1S/C14H18N2O/c1-3-11-7-10-16(14(17)13(11)4-2)12-5-8-15-9-6-12/h3-4,7,10,12,15H,1-2,5-6,8-9H2. The lowest BCUT2D eigenvalue weighted by molar-refractivity contribution is 0.360. The molecule has 0 unspecified atom stereocenters. The molecular formula is C14H18N2O. The zero-order valence-electron chi connectivity index (χ0n) is 9.98. The lowest BCUT2D eigenvalue weighted by atomic mass is 10.0. The van der Waals surface area contributed by atoms with E-state index in [1.807, 2.05) is 16.8 Å². The number of pyridine rings is 1. The lowest BCUT2D eigenvalue weighted by Gasteiger charge is -2.25. The van der Waals surface area contributed by atoms with Gasteiger partial charge >= 0.3 is 0 Å². The van der Waals surface area contributed by atoms with E-state index in [4.69, 9.17) is 0 Å². The molecule has 0 saturated carbocycles. The molecule has 17 heavy (non-hydrogen) atoms. The smallest absolute Gasteiger partial charge is 0.258 e. The van der Waals surface area contributed by atoms with E-state index in [0.29, 0.717) is 11.6 Å². The molecule has 2 rings (SSSR count). The first-order valence-electron chi connectivity index (χ1n) is 5.98. The Balaban J connectivity index is 2.45. The summed E-state index contributed by atoms with van der Waals surface area (Å²) in [4.78, 5) is 12.3. The maximum atomic E-state index is 12.3. The van der Waals surface area contributed by atoms with Crippen molar-refractivity contribution >= 4 is 12.2 Å². The molecule has 3 heteroatoms. The number of piperidine rings is 1. The average Bonchev–Trinajstić information content (AvgIpc) is 2.39. The minimum absolute atomic E-state index is 0.0456. The summed E-state index contributed by atoms with van der Waals surface area (Å²) in [6, 6.07) is 2.24. The molecule has 1 aromatic rings. The van der Waals surface area contributed by atoms with E-state index in [9.17, 15) is 4.79 Å². The number of rotatable bonds is 3. The Morgan fingerprint density at radius 3 is 2.59 bits per heavy atom. The molecule has 1 fully saturated rings. The first-order valence-corrected chi connectivity index (χ1v) is 5.98. The largest absolute Gasteiger partial charge is 0.317 e. The number of hydrogen-bond acceptors (Lipinski definition) is 2. The topological polar surface area (TPSA) is 34.0 Å². The first kappa shape index (κ1) is 11.9. The molecule has 1 aromatic heterocycles. The van der Waals surface area contributed by atoms with Gasteiger partial charge in [0, 0.05) is 17.8 Å². The van der Waals surface area contributed by atoms with Gasteiger partial charge in [0.1, 0.15) is 0 Å². The molecule has 90 valence electrons. The fourth-order valence-electron chi connectivity index (χ4n) is 2.34. The van der Waals surface area contributed by atoms with Gasteiger partial charge in [0.15, 0.2) is 0 Å². The van der Waals surface area contributed by atoms with E-state index in [2.05, 4.69) is 18.5 Å². The molecule has 0 radical (unpaired) electrons. The van der Waals surface area contributed by atoms with Crippen LogP contribution in [0.4, 0.5) is 0 Å². The monoisotopic (exact) mass is 230 g/mol. The second-order valence-electron chi connectivity index (χ2n) is 4.29. The Bertz CT molecular complexity index is 481. The lowest BCUT2D eigenvalue weighted by Crippen LogP contribution is -2.34. The van der Waals surface area contributed by atoms with Crippen molar-refractivity contribution in [1.29, 1.82) is 0 Å². The second-order valence-corrected chi connectivity index (χ2v) is 4.29. The van der Waals surface area contributed by atoms with E-state index < -0.39 is 0 Å². The van der Waals surface area contributed by atoms with Crippen molar-refractivity contribution in [3.05, 3.63) is 46.9 Å². The zero-order chi connectivity index (χ0) is 12.3. The highest BCUT2D eigenvalue weighted by Crippen LogP contribution is 2.18. The van der Waals surface area contributed by atoms with Crippen LogP contribution in [0.1, 0.15) is 30.0 Å². The molecule has 3 nitrogen and oxygen atoms in total. The molecule has 1 aliphatic heterocycles. The van der Waals surface area contributed by atoms with Crippen molar-refractivity contribution in [3.8, 4) is 0 Å². The van der Waals surface area contributed by atoms with Crippen molar-refractivity contribution in [1.82, 2.24) is 9.88 Å². The molecule has 0 bridgehead atoms. The van der Waals surface area contributed by atoms with Crippen LogP contribution in [0.5, 0.6) is 0 Å². The van der Waals surface area contributed by atoms with Crippen LogP contribution in [-0.4, -0.2) is 17.7 Å². The number of nitrogens with zero attached hydrogens (tertiary/aromatic N) is 1. The summed E-state index contributed by atoms with van der Waals surface area (Å²) in [5.41, 5.74) is 1.56. The Labute approximate surface area is 101 Å². The Morgan fingerprint density at radius 2 is 2.00 bits per heavy atom. The van der Waals surface area contributed by atoms with Crippen LogP contribution in [0.25, 0.3) is 12.2 Å². The highest BCUT2D eigenvalue weighted by molar-refractivity contribution is 5.62. The first-order chi connectivity index (χ1) is 8.27. The van der Waals surface area contributed by atoms with Crippen LogP contribution in [0, 0.1) is 0 Å². The molecule has 1 aliphatic rings. The third-order valence-corrected chi connectivity index (χ3v) is 3.32. The predicted molar refractivity (Wildman–Crippen MR) is 72.0 cm³/mol. The summed E-state index contributed by atoms with van der Waals surface area (Å²) in [6.07, 6.45) is 7.21. The van der Waals surface area contributed by atoms with Crippen LogP contribution in [0.3, 0.4) is 0 Å². The summed E-state index contributed by atoms with van der Waals surface area (Å²) in [6.45, 7) is 9.38. The Hall–Kier alpha value is -1.61. The quantitative estimate of drug-likeness (QED) is 0.862. The average molecular weight is 230 g/mol. The SMILES string of the molecule is C=Cc1ccn(C2CCNCC2)c(=O)c1C=C. The van der Waals surface area contributed by atoms with Gasteiger partial charge in [-0.25, -0.2) is 0 Å². The van der Waals surface area contributed by atoms with Gasteiger partial charge < -0.3 is 9.88 Å². The van der Waals surface area contributed by atoms with Gasteiger partial charge in [0.2, 0.25) is 0 Å². The minimum Gasteiger partial charge on any atom is -0.317 e. The third kappa shape index (κ3) is 2.24. The van der Waals surface area contributed by atoms with Crippen molar-refractivity contribution < 1.29 is 0 Å². The highest BCUT2D eigenvalue weighted by atomic mass is 16.1. The molecule has 0 atom stereocenters. The molecule has 0 spiro atoms. The third-order valence-electron chi connectivity index (χ3n) is 3.32. The van der Waals surface area contributed by atoms with Gasteiger partial charge in [-0.1, -0.05) is 25.3 Å². The highest BCUT2D eigenvalue weighted by Gasteiger charge is 2.17. The van der Waals surface area contributed by atoms with Gasteiger partial charge in [0.25, 0.3) is 5.56 Å². The number of nitrogens with one attached hydrogen (secondary N) is 1. The summed E-state index contributed by atoms with van der Waals surface area (Å²) >= 11 is 0. The molecule has 0 aliphatic carbocycles. The van der Waals surface area contributed by atoms with Crippen LogP contribution in [0.15, 0.2) is 30.2 Å². The van der Waals surface area contributed by atoms with Gasteiger partial charge in [-0.3, -0.25) is 4.79 Å². The van der Waals surface area contributed by atoms with E-state index in [1.165, 1.54) is 0 Å². The fraction of sp³-hybridized carbons (Fsp3) is 0.357. The molecule has 1 N–H and O–H groups in total. The van der Waals surface area contributed by atoms with Crippen LogP contribution in [0.2, 0.25) is 0 Å². The zero-order valence-corrected chi connectivity index (χ0v) is 9.98. The van der Waals surface area contributed by atoms with Crippen molar-refractivity contribution in [3.63, 3.8) is 0 Å². The van der Waals surface area contributed by atoms with Crippen molar-refractivity contribution in [2.75, 3.05) is 13.1 Å². The van der Waals surface area contributed by atoms with Gasteiger partial charge in [-0.05, 0) is 37.6 Å². The molecule has 2 heterocycles. The molecule has 0 aromatic carbocycles. The maximum absolute atomic E-state index is 12.3. The number of aromatic nitrogens is 1. The van der Waals surface area contributed by atoms with Gasteiger partial charge in [-0.2, -0.15) is 0 Å². The van der Waals surface area contributed by atoms with Gasteiger partial charge in [-0.15, -0.1) is 0 Å². The molecular weight excluding hydrogens is 212 g/mol. The molecule has 0 amide bonds. The predicted octanol–water partition coefficient (Wildman–Crippen LogP) is 2.06. The van der Waals surface area contributed by atoms with Crippen LogP contribution >= 0.6 is 0 Å². The summed E-state index contributed by atoms with van der Waals surface area (Å²) in [5, 5.41) is 3.30. The summed E-state index contributed by atoms with van der Waals surface area (Å²) < 4.78 is 1.84. The van der Waals surface area contributed by atoms with E-state index in [-0.39, 0.29) is 5.56 Å². The van der Waals surface area contributed by atoms with E-state index in [1.54, 1.807) is 12.2 Å². The molecule has 1 saturated heterocycles. The second kappa shape index (κ2) is 5.15. The van der Waals surface area contributed by atoms with Crippen LogP contribution < -0.4 is 10.9 Å². The van der Waals surface area contributed by atoms with E-state index in [0.717, 1.165) is 31.5 Å². The fourth-order valence-corrected chi connectivity index (χ4v) is 2.34. The van der Waals surface area contributed by atoms with E-state index >= 15 is 0 Å². The Morgan fingerprint density at radius 1 is 1.29 bits per heavy atom. The van der Waals surface area contributed by atoms with Gasteiger partial charge in [0.05, 0.1) is 0 Å². The maximum Gasteiger partial charge on any atom is 0.258 e. The van der Waals surface area contributed by atoms with Crippen LogP contribution in [-0.2, 0) is 0 Å². The Kier molecular flexibility index (Phi) is 3.59. The summed E-state index contributed by atoms with van der Waals surface area (Å²) in [7, 11) is 0. The number of hydrogen-bond donors (Lipinski definition) is 1. The van der Waals surface area contributed by atoms with Crippen molar-refractivity contribution in [2.45, 2.75) is 18.9 Å². The summed E-state index contributed by atoms with van der Waals surface area (Å²) in [5.74, 6) is 0. The minimum atomic E-state index is 0.0456.